The van der Waals surface area contributed by atoms with Crippen molar-refractivity contribution in [3.05, 3.63) is 54.1 Å². The molecule has 0 aliphatic carbocycles. The summed E-state index contributed by atoms with van der Waals surface area (Å²) in [6, 6.07) is 9.05. The summed E-state index contributed by atoms with van der Waals surface area (Å²) in [7, 11) is 0. The smallest absolute Gasteiger partial charge is 0.0165 e. The van der Waals surface area contributed by atoms with Crippen LogP contribution in [0.4, 0.5) is 0 Å². The third-order valence-electron chi connectivity index (χ3n) is 3.90. The van der Waals surface area contributed by atoms with Gasteiger partial charge in [0.1, 0.15) is 0 Å². The highest BCUT2D eigenvalue weighted by Crippen LogP contribution is 2.27. The minimum atomic E-state index is 0.721. The Morgan fingerprint density at radius 3 is 2.14 bits per heavy atom. The van der Waals surface area contributed by atoms with Gasteiger partial charge < -0.3 is 0 Å². The van der Waals surface area contributed by atoms with Crippen LogP contribution in [0.1, 0.15) is 83.8 Å². The highest BCUT2D eigenvalue weighted by molar-refractivity contribution is 5.73. The van der Waals surface area contributed by atoms with E-state index in [1.54, 1.807) is 0 Å². The molecule has 0 nitrogen and oxygen atoms in total. The van der Waals surface area contributed by atoms with Gasteiger partial charge in [-0.15, -0.1) is 0 Å². The molecule has 1 atom stereocenters. The second-order valence-electron chi connectivity index (χ2n) is 5.17. The van der Waals surface area contributed by atoms with Crippen LogP contribution in [0.25, 0.3) is 5.57 Å². The lowest BCUT2D eigenvalue weighted by atomic mass is 9.90. The van der Waals surface area contributed by atoms with E-state index < -0.39 is 0 Å². The number of hydrogen-bond donors (Lipinski definition) is 0. The van der Waals surface area contributed by atoms with Gasteiger partial charge in [0, 0.05) is 0 Å². The van der Waals surface area contributed by atoms with Crippen LogP contribution in [0.5, 0.6) is 0 Å². The average Bonchev–Trinajstić information content (AvgIpc) is 2.56. The Morgan fingerprint density at radius 2 is 1.71 bits per heavy atom. The topological polar surface area (TPSA) is 0 Å². The maximum absolute atomic E-state index is 3.86. The van der Waals surface area contributed by atoms with Crippen molar-refractivity contribution in [2.45, 2.75) is 72.6 Å². The van der Waals surface area contributed by atoms with Crippen molar-refractivity contribution in [3.63, 3.8) is 0 Å². The van der Waals surface area contributed by atoms with Gasteiger partial charge >= 0.3 is 0 Å². The fourth-order valence-corrected chi connectivity index (χ4v) is 2.60. The molecular formula is C21H34. The quantitative estimate of drug-likeness (QED) is 0.345. The molecule has 0 radical (unpaired) electrons. The predicted octanol–water partition coefficient (Wildman–Crippen LogP) is 7.38. The fraction of sp³-hybridized carbons (Fsp3) is 0.524. The molecule has 0 aliphatic heterocycles. The first kappa shape index (κ1) is 19.7. The maximum atomic E-state index is 3.86. The van der Waals surface area contributed by atoms with Gasteiger partial charge in [0.15, 0.2) is 0 Å². The van der Waals surface area contributed by atoms with Crippen molar-refractivity contribution in [1.82, 2.24) is 0 Å². The lowest BCUT2D eigenvalue weighted by Crippen LogP contribution is -1.97. The lowest BCUT2D eigenvalue weighted by Gasteiger charge is -2.15. The van der Waals surface area contributed by atoms with E-state index in [0.29, 0.717) is 0 Å². The molecule has 0 heterocycles. The summed E-state index contributed by atoms with van der Waals surface area (Å²) < 4.78 is 0. The summed E-state index contributed by atoms with van der Waals surface area (Å²) in [4.78, 5) is 0. The molecule has 0 fully saturated rings. The van der Waals surface area contributed by atoms with Crippen LogP contribution in [-0.4, -0.2) is 0 Å². The third-order valence-corrected chi connectivity index (χ3v) is 3.90. The van der Waals surface area contributed by atoms with E-state index >= 15 is 0 Å². The van der Waals surface area contributed by atoms with E-state index in [1.165, 1.54) is 48.8 Å². The molecule has 0 bridgehead atoms. The molecule has 1 unspecified atom stereocenters. The summed E-state index contributed by atoms with van der Waals surface area (Å²) >= 11 is 0. The highest BCUT2D eigenvalue weighted by atomic mass is 14.1. The summed E-state index contributed by atoms with van der Waals surface area (Å²) in [5.41, 5.74) is 3.97. The number of benzene rings is 1. The zero-order valence-corrected chi connectivity index (χ0v) is 14.8. The van der Waals surface area contributed by atoms with Gasteiger partial charge in [-0.1, -0.05) is 90.0 Å². The van der Waals surface area contributed by atoms with Crippen LogP contribution < -0.4 is 0 Å². The number of hydrogen-bond acceptors (Lipinski definition) is 0. The Hall–Kier alpha value is -1.30. The largest absolute Gasteiger partial charge is 0.0985 e. The van der Waals surface area contributed by atoms with Crippen molar-refractivity contribution in [2.75, 3.05) is 0 Å². The van der Waals surface area contributed by atoms with Crippen molar-refractivity contribution in [3.8, 4) is 0 Å². The first-order valence-electron chi connectivity index (χ1n) is 8.65. The average molecular weight is 287 g/mol. The molecule has 1 aromatic rings. The minimum Gasteiger partial charge on any atom is -0.0985 e. The molecule has 0 amide bonds. The predicted molar refractivity (Wildman–Crippen MR) is 98.8 cm³/mol. The van der Waals surface area contributed by atoms with Crippen molar-refractivity contribution in [2.24, 2.45) is 0 Å². The summed E-state index contributed by atoms with van der Waals surface area (Å²) in [5.74, 6) is 0.721. The van der Waals surface area contributed by atoms with Crippen LogP contribution in [-0.2, 0) is 0 Å². The van der Waals surface area contributed by atoms with Crippen molar-refractivity contribution < 1.29 is 0 Å². The highest BCUT2D eigenvalue weighted by Gasteiger charge is 2.09. The Balaban J connectivity index is 0.00000191. The Kier molecular flexibility index (Phi) is 11.7. The number of rotatable bonds is 8. The van der Waals surface area contributed by atoms with E-state index in [0.717, 1.165) is 5.92 Å². The molecule has 118 valence electrons. The number of allylic oxidation sites excluding steroid dienone is 3. The SMILES string of the molecule is C=C/C(=C\C)c1ccc(C(CC)CCCCC)cc1.CC. The van der Waals surface area contributed by atoms with E-state index in [1.807, 2.05) is 19.9 Å². The maximum Gasteiger partial charge on any atom is -0.0165 e. The molecule has 1 aromatic carbocycles. The van der Waals surface area contributed by atoms with E-state index in [2.05, 4.69) is 57.7 Å². The molecule has 1 rings (SSSR count). The van der Waals surface area contributed by atoms with Crippen LogP contribution in [0.2, 0.25) is 0 Å². The van der Waals surface area contributed by atoms with Crippen LogP contribution in [0, 0.1) is 0 Å². The fourth-order valence-electron chi connectivity index (χ4n) is 2.60. The van der Waals surface area contributed by atoms with Gasteiger partial charge in [-0.25, -0.2) is 0 Å². The third kappa shape index (κ3) is 6.80. The van der Waals surface area contributed by atoms with Crippen LogP contribution in [0.3, 0.4) is 0 Å². The zero-order valence-electron chi connectivity index (χ0n) is 14.8. The van der Waals surface area contributed by atoms with Crippen LogP contribution in [0.15, 0.2) is 43.0 Å². The zero-order chi connectivity index (χ0) is 16.1. The molecule has 0 saturated carbocycles. The molecular weight excluding hydrogens is 252 g/mol. The van der Waals surface area contributed by atoms with Gasteiger partial charge in [-0.3, -0.25) is 0 Å². The standard InChI is InChI=1S/C19H28.C2H6/c1-5-9-10-11-17(8-4)19-14-12-18(13-15-19)16(6-2)7-3;1-2/h6-7,12-15,17H,2,5,8-11H2,1,3-4H3;1-2H3/b16-7+;. The van der Waals surface area contributed by atoms with E-state index in [-0.39, 0.29) is 0 Å². The Bertz CT molecular complexity index is 395. The van der Waals surface area contributed by atoms with Gasteiger partial charge in [-0.2, -0.15) is 0 Å². The second-order valence-corrected chi connectivity index (χ2v) is 5.17. The molecule has 21 heavy (non-hydrogen) atoms. The first-order chi connectivity index (χ1) is 10.3. The first-order valence-corrected chi connectivity index (χ1v) is 8.65. The van der Waals surface area contributed by atoms with E-state index in [9.17, 15) is 0 Å². The Labute approximate surface area is 133 Å². The molecule has 0 aliphatic rings. The van der Waals surface area contributed by atoms with Gasteiger partial charge in [0.2, 0.25) is 0 Å². The Morgan fingerprint density at radius 1 is 1.10 bits per heavy atom. The monoisotopic (exact) mass is 286 g/mol. The van der Waals surface area contributed by atoms with Crippen molar-refractivity contribution in [1.29, 1.82) is 0 Å². The molecule has 0 N–H and O–H groups in total. The molecule has 0 heteroatoms. The second kappa shape index (κ2) is 12.4. The van der Waals surface area contributed by atoms with Crippen LogP contribution >= 0.6 is 0 Å². The van der Waals surface area contributed by atoms with E-state index in [4.69, 9.17) is 0 Å². The summed E-state index contributed by atoms with van der Waals surface area (Å²) in [6.07, 6.45) is 10.6. The lowest BCUT2D eigenvalue weighted by molar-refractivity contribution is 0.553. The molecule has 0 saturated heterocycles. The van der Waals surface area contributed by atoms with Crippen molar-refractivity contribution >= 4 is 5.57 Å². The minimum absolute atomic E-state index is 0.721. The van der Waals surface area contributed by atoms with Gasteiger partial charge in [0.05, 0.1) is 0 Å². The summed E-state index contributed by atoms with van der Waals surface area (Å²) in [6.45, 7) is 14.5. The molecule has 0 aromatic heterocycles. The summed E-state index contributed by atoms with van der Waals surface area (Å²) in [5, 5.41) is 0. The molecule has 0 spiro atoms. The van der Waals surface area contributed by atoms with Gasteiger partial charge in [0.25, 0.3) is 0 Å². The normalized spacial score (nSPS) is 12.3. The van der Waals surface area contributed by atoms with Gasteiger partial charge in [-0.05, 0) is 42.4 Å². The number of unbranched alkanes of at least 4 members (excludes halogenated alkanes) is 2.